The topological polar surface area (TPSA) is 48.5 Å². The number of nitrogens with one attached hydrogen (secondary N) is 1. The molecule has 5 nitrogen and oxygen atoms in total. The molecule has 0 aromatic carbocycles. The van der Waals surface area contributed by atoms with Crippen molar-refractivity contribution in [3.8, 4) is 0 Å². The van der Waals surface area contributed by atoms with Crippen molar-refractivity contribution in [3.63, 3.8) is 0 Å². The molecular formula is C14H22N4O. The fourth-order valence-corrected chi connectivity index (χ4v) is 2.45. The van der Waals surface area contributed by atoms with Gasteiger partial charge in [0.25, 0.3) is 5.91 Å². The van der Waals surface area contributed by atoms with E-state index in [0.29, 0.717) is 17.6 Å². The number of anilines is 1. The van der Waals surface area contributed by atoms with Crippen LogP contribution in [0.3, 0.4) is 0 Å². The molecular weight excluding hydrogens is 240 g/mol. The van der Waals surface area contributed by atoms with Crippen LogP contribution in [-0.2, 0) is 0 Å². The predicted octanol–water partition coefficient (Wildman–Crippen LogP) is 1.29. The predicted molar refractivity (Wildman–Crippen MR) is 76.4 cm³/mol. The highest BCUT2D eigenvalue weighted by Crippen LogP contribution is 2.17. The fraction of sp³-hybridized carbons (Fsp3) is 0.571. The molecule has 0 saturated carbocycles. The van der Waals surface area contributed by atoms with Gasteiger partial charge in [-0.25, -0.2) is 4.98 Å². The van der Waals surface area contributed by atoms with Gasteiger partial charge in [0.15, 0.2) is 0 Å². The number of pyridine rings is 1. The van der Waals surface area contributed by atoms with Crippen LogP contribution in [0.1, 0.15) is 24.2 Å². The molecule has 5 heteroatoms. The number of piperazine rings is 1. The lowest BCUT2D eigenvalue weighted by molar-refractivity contribution is 0.0414. The van der Waals surface area contributed by atoms with E-state index in [1.165, 1.54) is 0 Å². The lowest BCUT2D eigenvalue weighted by atomic mass is 10.1. The molecule has 2 rings (SSSR count). The second kappa shape index (κ2) is 5.57. The summed E-state index contributed by atoms with van der Waals surface area (Å²) in [5.41, 5.74) is 0.698. The lowest BCUT2D eigenvalue weighted by Crippen LogP contribution is -2.56. The van der Waals surface area contributed by atoms with E-state index in [1.807, 2.05) is 4.90 Å². The van der Waals surface area contributed by atoms with Crippen LogP contribution in [0.2, 0.25) is 0 Å². The molecule has 1 aliphatic rings. The maximum absolute atomic E-state index is 12.5. The van der Waals surface area contributed by atoms with Crippen molar-refractivity contribution >= 4 is 11.7 Å². The van der Waals surface area contributed by atoms with Crippen molar-refractivity contribution in [1.82, 2.24) is 14.8 Å². The molecule has 19 heavy (non-hydrogen) atoms. The van der Waals surface area contributed by atoms with Crippen molar-refractivity contribution in [1.29, 1.82) is 0 Å². The standard InChI is InChI=1S/C14H22N4O/c1-10-8-18(9-11(2)17(10)4)14(19)12-5-6-16-13(7-12)15-3/h5-7,10-11H,8-9H2,1-4H3,(H,15,16). The number of rotatable bonds is 2. The second-order valence-corrected chi connectivity index (χ2v) is 5.25. The summed E-state index contributed by atoms with van der Waals surface area (Å²) in [7, 11) is 3.92. The summed E-state index contributed by atoms with van der Waals surface area (Å²) < 4.78 is 0. The molecule has 0 spiro atoms. The molecule has 1 saturated heterocycles. The van der Waals surface area contributed by atoms with Gasteiger partial charge in [-0.1, -0.05) is 0 Å². The van der Waals surface area contributed by atoms with E-state index in [0.717, 1.165) is 18.9 Å². The van der Waals surface area contributed by atoms with Gasteiger partial charge in [0, 0.05) is 44.0 Å². The Hall–Kier alpha value is -1.62. The first-order valence-corrected chi connectivity index (χ1v) is 6.68. The summed E-state index contributed by atoms with van der Waals surface area (Å²) in [6.07, 6.45) is 1.67. The summed E-state index contributed by atoms with van der Waals surface area (Å²) >= 11 is 0. The van der Waals surface area contributed by atoms with Crippen LogP contribution in [-0.4, -0.2) is 60.0 Å². The summed E-state index contributed by atoms with van der Waals surface area (Å²) in [5, 5.41) is 2.96. The van der Waals surface area contributed by atoms with Gasteiger partial charge < -0.3 is 10.2 Å². The smallest absolute Gasteiger partial charge is 0.254 e. The summed E-state index contributed by atoms with van der Waals surface area (Å²) in [6.45, 7) is 5.86. The second-order valence-electron chi connectivity index (χ2n) is 5.25. The van der Waals surface area contributed by atoms with Gasteiger partial charge in [0.1, 0.15) is 5.82 Å². The first-order chi connectivity index (χ1) is 9.02. The van der Waals surface area contributed by atoms with Crippen molar-refractivity contribution in [2.45, 2.75) is 25.9 Å². The molecule has 1 aromatic heterocycles. The van der Waals surface area contributed by atoms with Crippen LogP contribution in [0.25, 0.3) is 0 Å². The van der Waals surface area contributed by atoms with Crippen molar-refractivity contribution in [2.24, 2.45) is 0 Å². The Balaban J connectivity index is 2.15. The number of hydrogen-bond donors (Lipinski definition) is 1. The largest absolute Gasteiger partial charge is 0.373 e. The highest BCUT2D eigenvalue weighted by molar-refractivity contribution is 5.95. The van der Waals surface area contributed by atoms with Gasteiger partial charge in [-0.3, -0.25) is 9.69 Å². The number of carbonyl (C=O) groups excluding carboxylic acids is 1. The number of likely N-dealkylation sites (N-methyl/N-ethyl adjacent to an activating group) is 1. The minimum Gasteiger partial charge on any atom is -0.373 e. The van der Waals surface area contributed by atoms with E-state index >= 15 is 0 Å². The van der Waals surface area contributed by atoms with Crippen molar-refractivity contribution < 1.29 is 4.79 Å². The molecule has 1 aromatic rings. The molecule has 0 bridgehead atoms. The molecule has 0 radical (unpaired) electrons. The molecule has 2 heterocycles. The molecule has 0 aliphatic carbocycles. The number of amides is 1. The maximum atomic E-state index is 12.5. The average molecular weight is 262 g/mol. The SMILES string of the molecule is CNc1cc(C(=O)N2CC(C)N(C)C(C)C2)ccn1. The van der Waals surface area contributed by atoms with E-state index in [9.17, 15) is 4.79 Å². The van der Waals surface area contributed by atoms with Gasteiger partial charge >= 0.3 is 0 Å². The van der Waals surface area contributed by atoms with Crippen LogP contribution in [0, 0.1) is 0 Å². The van der Waals surface area contributed by atoms with Crippen LogP contribution < -0.4 is 5.32 Å². The van der Waals surface area contributed by atoms with E-state index in [-0.39, 0.29) is 5.91 Å². The van der Waals surface area contributed by atoms with Crippen LogP contribution in [0.15, 0.2) is 18.3 Å². The van der Waals surface area contributed by atoms with Crippen LogP contribution in [0.4, 0.5) is 5.82 Å². The zero-order valence-electron chi connectivity index (χ0n) is 12.1. The molecule has 1 fully saturated rings. The Morgan fingerprint density at radius 3 is 2.58 bits per heavy atom. The molecule has 1 N–H and O–H groups in total. The van der Waals surface area contributed by atoms with E-state index in [1.54, 1.807) is 25.4 Å². The lowest BCUT2D eigenvalue weighted by Gasteiger charge is -2.42. The quantitative estimate of drug-likeness (QED) is 0.872. The van der Waals surface area contributed by atoms with Crippen LogP contribution >= 0.6 is 0 Å². The zero-order chi connectivity index (χ0) is 14.0. The average Bonchev–Trinajstić information content (AvgIpc) is 2.43. The number of nitrogens with zero attached hydrogens (tertiary/aromatic N) is 3. The normalized spacial score (nSPS) is 24.3. The Morgan fingerprint density at radius 2 is 2.00 bits per heavy atom. The number of carbonyl (C=O) groups is 1. The summed E-state index contributed by atoms with van der Waals surface area (Å²) in [5.74, 6) is 0.812. The monoisotopic (exact) mass is 262 g/mol. The highest BCUT2D eigenvalue weighted by atomic mass is 16.2. The Bertz CT molecular complexity index is 451. The van der Waals surface area contributed by atoms with Gasteiger partial charge in [-0.15, -0.1) is 0 Å². The van der Waals surface area contributed by atoms with E-state index in [4.69, 9.17) is 0 Å². The minimum absolute atomic E-state index is 0.0886. The molecule has 2 unspecified atom stereocenters. The highest BCUT2D eigenvalue weighted by Gasteiger charge is 2.29. The third-order valence-corrected chi connectivity index (χ3v) is 3.91. The zero-order valence-corrected chi connectivity index (χ0v) is 12.1. The van der Waals surface area contributed by atoms with Crippen LogP contribution in [0.5, 0.6) is 0 Å². The Labute approximate surface area is 114 Å². The van der Waals surface area contributed by atoms with Gasteiger partial charge in [-0.2, -0.15) is 0 Å². The first kappa shape index (κ1) is 13.8. The third-order valence-electron chi connectivity index (χ3n) is 3.91. The minimum atomic E-state index is 0.0886. The Kier molecular flexibility index (Phi) is 4.04. The first-order valence-electron chi connectivity index (χ1n) is 6.68. The molecule has 104 valence electrons. The fourth-order valence-electron chi connectivity index (χ4n) is 2.45. The summed E-state index contributed by atoms with van der Waals surface area (Å²) in [6, 6.07) is 4.35. The van der Waals surface area contributed by atoms with Crippen molar-refractivity contribution in [3.05, 3.63) is 23.9 Å². The molecule has 1 aliphatic heterocycles. The molecule has 1 amide bonds. The van der Waals surface area contributed by atoms with E-state index in [2.05, 4.69) is 36.1 Å². The maximum Gasteiger partial charge on any atom is 0.254 e. The molecule has 2 atom stereocenters. The third kappa shape index (κ3) is 2.87. The Morgan fingerprint density at radius 1 is 1.37 bits per heavy atom. The van der Waals surface area contributed by atoms with Crippen molar-refractivity contribution in [2.75, 3.05) is 32.5 Å². The number of aromatic nitrogens is 1. The summed E-state index contributed by atoms with van der Waals surface area (Å²) in [4.78, 5) is 20.9. The van der Waals surface area contributed by atoms with E-state index < -0.39 is 0 Å². The number of hydrogen-bond acceptors (Lipinski definition) is 4. The van der Waals surface area contributed by atoms with Gasteiger partial charge in [-0.05, 0) is 33.0 Å². The van der Waals surface area contributed by atoms with Gasteiger partial charge in [0.2, 0.25) is 0 Å². The van der Waals surface area contributed by atoms with Gasteiger partial charge in [0.05, 0.1) is 0 Å².